The lowest BCUT2D eigenvalue weighted by atomic mass is 10.0. The summed E-state index contributed by atoms with van der Waals surface area (Å²) in [4.78, 5) is 11.9. The van der Waals surface area contributed by atoms with Crippen LogP contribution < -0.4 is 0 Å². The van der Waals surface area contributed by atoms with E-state index in [1.54, 1.807) is 0 Å². The van der Waals surface area contributed by atoms with Crippen molar-refractivity contribution >= 4 is 40.8 Å². The molecule has 0 amide bonds. The number of rotatable bonds is 6. The van der Waals surface area contributed by atoms with Crippen molar-refractivity contribution in [3.8, 4) is 0 Å². The van der Waals surface area contributed by atoms with Crippen LogP contribution in [-0.4, -0.2) is 12.6 Å². The van der Waals surface area contributed by atoms with Crippen molar-refractivity contribution in [2.45, 2.75) is 33.1 Å². The van der Waals surface area contributed by atoms with Crippen LogP contribution >= 0.6 is 34.8 Å². The van der Waals surface area contributed by atoms with Crippen LogP contribution in [0, 0.1) is 12.0 Å². The first-order valence-electron chi connectivity index (χ1n) is 6.23. The van der Waals surface area contributed by atoms with Crippen molar-refractivity contribution in [1.82, 2.24) is 0 Å². The molecular weight excluding hydrogens is 307 g/mol. The molecule has 0 bridgehead atoms. The smallest absolute Gasteiger partial charge is 0.340 e. The van der Waals surface area contributed by atoms with E-state index >= 15 is 0 Å². The van der Waals surface area contributed by atoms with Crippen LogP contribution in [0.5, 0.6) is 0 Å². The largest absolute Gasteiger partial charge is 0.462 e. The van der Waals surface area contributed by atoms with Gasteiger partial charge in [-0.05, 0) is 18.4 Å². The van der Waals surface area contributed by atoms with Crippen molar-refractivity contribution in [3.63, 3.8) is 0 Å². The Morgan fingerprint density at radius 2 is 2.05 bits per heavy atom. The summed E-state index contributed by atoms with van der Waals surface area (Å²) in [7, 11) is 0. The number of hydrogen-bond donors (Lipinski definition) is 0. The molecule has 105 valence electrons. The second-order valence-corrected chi connectivity index (χ2v) is 5.51. The minimum atomic E-state index is -0.538. The minimum absolute atomic E-state index is 0.0884. The zero-order valence-electron chi connectivity index (χ0n) is 10.9. The highest BCUT2D eigenvalue weighted by Gasteiger charge is 2.17. The first-order chi connectivity index (χ1) is 8.99. The standard InChI is InChI=1S/C14H16Cl3O2/c1-3-5-9(4-2)8-19-14(18)11-6-10(15)7-12(16)13(11)17/h7,9H,3-5,8H2,1-2H3. The highest BCUT2D eigenvalue weighted by molar-refractivity contribution is 6.44. The molecule has 1 atom stereocenters. The predicted octanol–water partition coefficient (Wildman–Crippen LogP) is 5.43. The van der Waals surface area contributed by atoms with Crippen LogP contribution in [0.4, 0.5) is 0 Å². The van der Waals surface area contributed by atoms with Crippen molar-refractivity contribution in [2.24, 2.45) is 5.92 Å². The molecule has 1 aromatic carbocycles. The lowest BCUT2D eigenvalue weighted by Crippen LogP contribution is -2.14. The summed E-state index contributed by atoms with van der Waals surface area (Å²) in [6.45, 7) is 4.55. The van der Waals surface area contributed by atoms with E-state index < -0.39 is 5.97 Å². The Morgan fingerprint density at radius 1 is 1.37 bits per heavy atom. The number of benzene rings is 1. The second kappa shape index (κ2) is 7.98. The molecule has 0 saturated heterocycles. The number of halogens is 3. The summed E-state index contributed by atoms with van der Waals surface area (Å²) < 4.78 is 5.25. The van der Waals surface area contributed by atoms with Crippen LogP contribution in [0.15, 0.2) is 6.07 Å². The van der Waals surface area contributed by atoms with E-state index in [1.807, 2.05) is 0 Å². The van der Waals surface area contributed by atoms with Crippen LogP contribution in [0.1, 0.15) is 43.5 Å². The fraction of sp³-hybridized carbons (Fsp3) is 0.500. The molecule has 1 unspecified atom stereocenters. The van der Waals surface area contributed by atoms with Gasteiger partial charge in [-0.1, -0.05) is 61.5 Å². The zero-order valence-corrected chi connectivity index (χ0v) is 13.2. The number of esters is 1. The third-order valence-corrected chi connectivity index (χ3v) is 3.85. The van der Waals surface area contributed by atoms with Crippen LogP contribution in [0.3, 0.4) is 0 Å². The van der Waals surface area contributed by atoms with Gasteiger partial charge in [0.1, 0.15) is 0 Å². The van der Waals surface area contributed by atoms with Gasteiger partial charge in [0.2, 0.25) is 0 Å². The van der Waals surface area contributed by atoms with E-state index in [1.165, 1.54) is 6.07 Å². The molecule has 5 heteroatoms. The molecule has 0 N–H and O–H groups in total. The topological polar surface area (TPSA) is 26.3 Å². The van der Waals surface area contributed by atoms with Crippen molar-refractivity contribution < 1.29 is 9.53 Å². The maximum atomic E-state index is 11.9. The van der Waals surface area contributed by atoms with Crippen molar-refractivity contribution in [2.75, 3.05) is 6.61 Å². The Balaban J connectivity index is 2.73. The third-order valence-electron chi connectivity index (χ3n) is 2.86. The van der Waals surface area contributed by atoms with Crippen molar-refractivity contribution in [1.29, 1.82) is 0 Å². The van der Waals surface area contributed by atoms with Gasteiger partial charge in [0, 0.05) is 6.07 Å². The Labute approximate surface area is 129 Å². The molecule has 2 nitrogen and oxygen atoms in total. The maximum absolute atomic E-state index is 11.9. The summed E-state index contributed by atoms with van der Waals surface area (Å²) >= 11 is 17.6. The number of carbonyl (C=O) groups excluding carboxylic acids is 1. The summed E-state index contributed by atoms with van der Waals surface area (Å²) in [5.41, 5.74) is 0.0884. The van der Waals surface area contributed by atoms with Gasteiger partial charge in [0.15, 0.2) is 0 Å². The van der Waals surface area contributed by atoms with E-state index in [9.17, 15) is 4.79 Å². The molecule has 0 heterocycles. The second-order valence-electron chi connectivity index (χ2n) is 4.32. The van der Waals surface area contributed by atoms with Crippen LogP contribution in [0.25, 0.3) is 0 Å². The van der Waals surface area contributed by atoms with Crippen molar-refractivity contribution in [3.05, 3.63) is 32.8 Å². The summed E-state index contributed by atoms with van der Waals surface area (Å²) in [5, 5.41) is 0.583. The summed E-state index contributed by atoms with van der Waals surface area (Å²) in [6, 6.07) is 4.10. The van der Waals surface area contributed by atoms with Crippen LogP contribution in [0.2, 0.25) is 15.1 Å². The fourth-order valence-corrected chi connectivity index (χ4v) is 2.37. The lowest BCUT2D eigenvalue weighted by Gasteiger charge is -2.14. The Morgan fingerprint density at radius 3 is 2.63 bits per heavy atom. The highest BCUT2D eigenvalue weighted by Crippen LogP contribution is 2.29. The minimum Gasteiger partial charge on any atom is -0.462 e. The number of carbonyl (C=O) groups is 1. The molecule has 0 spiro atoms. The van der Waals surface area contributed by atoms with E-state index in [0.717, 1.165) is 19.3 Å². The number of hydrogen-bond acceptors (Lipinski definition) is 2. The number of ether oxygens (including phenoxy) is 1. The van der Waals surface area contributed by atoms with E-state index in [0.29, 0.717) is 12.5 Å². The Bertz CT molecular complexity index is 447. The quantitative estimate of drug-likeness (QED) is 0.515. The van der Waals surface area contributed by atoms with Gasteiger partial charge in [0.25, 0.3) is 0 Å². The third kappa shape index (κ3) is 4.87. The van der Waals surface area contributed by atoms with Gasteiger partial charge in [-0.15, -0.1) is 0 Å². The molecule has 1 rings (SSSR count). The average Bonchev–Trinajstić information content (AvgIpc) is 2.38. The Kier molecular flexibility index (Phi) is 6.98. The molecule has 1 aromatic rings. The molecule has 0 aromatic heterocycles. The normalized spacial score (nSPS) is 12.3. The van der Waals surface area contributed by atoms with Gasteiger partial charge in [-0.3, -0.25) is 0 Å². The van der Waals surface area contributed by atoms with E-state index in [-0.39, 0.29) is 20.6 Å². The monoisotopic (exact) mass is 321 g/mol. The SMILES string of the molecule is CCCC(CC)COC(=O)c1[c]c(Cl)cc(Cl)c1Cl. The molecule has 0 aliphatic carbocycles. The Hall–Kier alpha value is -0.440. The first kappa shape index (κ1) is 16.6. The van der Waals surface area contributed by atoms with Gasteiger partial charge >= 0.3 is 5.97 Å². The summed E-state index contributed by atoms with van der Waals surface area (Å²) in [5.74, 6) is -0.175. The van der Waals surface area contributed by atoms with Gasteiger partial charge in [0.05, 0.1) is 27.2 Å². The van der Waals surface area contributed by atoms with E-state index in [2.05, 4.69) is 19.9 Å². The molecular formula is C14H16Cl3O2. The molecule has 0 aliphatic heterocycles. The van der Waals surface area contributed by atoms with Gasteiger partial charge in [-0.2, -0.15) is 0 Å². The summed E-state index contributed by atoms with van der Waals surface area (Å²) in [6.07, 6.45) is 3.05. The van der Waals surface area contributed by atoms with E-state index in [4.69, 9.17) is 39.5 Å². The lowest BCUT2D eigenvalue weighted by molar-refractivity contribution is 0.0429. The zero-order chi connectivity index (χ0) is 14.4. The molecule has 0 saturated carbocycles. The average molecular weight is 323 g/mol. The fourth-order valence-electron chi connectivity index (χ4n) is 1.72. The van der Waals surface area contributed by atoms with Gasteiger partial charge < -0.3 is 4.74 Å². The first-order valence-corrected chi connectivity index (χ1v) is 7.36. The molecule has 0 aliphatic rings. The molecule has 0 fully saturated rings. The molecule has 19 heavy (non-hydrogen) atoms. The highest BCUT2D eigenvalue weighted by atomic mass is 35.5. The predicted molar refractivity (Wildman–Crippen MR) is 79.3 cm³/mol. The van der Waals surface area contributed by atoms with Gasteiger partial charge in [-0.25, -0.2) is 4.79 Å². The maximum Gasteiger partial charge on any atom is 0.340 e. The van der Waals surface area contributed by atoms with Crippen LogP contribution in [-0.2, 0) is 4.74 Å². The molecule has 1 radical (unpaired) electrons.